The van der Waals surface area contributed by atoms with Crippen LogP contribution in [0.1, 0.15) is 49.6 Å². The number of hydrogen-bond donors (Lipinski definition) is 1. The molecule has 0 saturated carbocycles. The first-order valence-electron chi connectivity index (χ1n) is 9.98. The zero-order chi connectivity index (χ0) is 20.1. The number of rotatable bonds is 7. The van der Waals surface area contributed by atoms with Crippen LogP contribution in [0.5, 0.6) is 0 Å². The van der Waals surface area contributed by atoms with Crippen LogP contribution < -0.4 is 5.32 Å². The van der Waals surface area contributed by atoms with Crippen LogP contribution in [-0.2, 0) is 22.6 Å². The Kier molecular flexibility index (Phi) is 6.49. The molecule has 0 spiro atoms. The molecule has 3 rings (SSSR count). The summed E-state index contributed by atoms with van der Waals surface area (Å²) in [5.41, 5.74) is 2.63. The van der Waals surface area contributed by atoms with Crippen LogP contribution in [0.2, 0.25) is 0 Å². The molecule has 1 aliphatic heterocycles. The summed E-state index contributed by atoms with van der Waals surface area (Å²) in [5.74, 6) is 1.28. The molecule has 1 aliphatic rings. The van der Waals surface area contributed by atoms with Gasteiger partial charge in [-0.2, -0.15) is 5.10 Å². The lowest BCUT2D eigenvalue weighted by molar-refractivity contribution is -0.132. The monoisotopic (exact) mass is 387 g/mol. The molecule has 0 atom stereocenters. The summed E-state index contributed by atoms with van der Waals surface area (Å²) >= 11 is 0. The fraction of sp³-hybridized carbons (Fsp3) is 0.600. The number of aromatic nitrogens is 3. The van der Waals surface area contributed by atoms with Crippen LogP contribution in [0.4, 0.5) is 5.69 Å². The average Bonchev–Trinajstić information content (AvgIpc) is 3.26. The van der Waals surface area contributed by atoms with E-state index in [0.29, 0.717) is 38.3 Å². The van der Waals surface area contributed by atoms with Crippen molar-refractivity contribution in [3.63, 3.8) is 0 Å². The average molecular weight is 387 g/mol. The minimum absolute atomic E-state index is 0.0128. The van der Waals surface area contributed by atoms with Gasteiger partial charge in [0.25, 0.3) is 0 Å². The van der Waals surface area contributed by atoms with Gasteiger partial charge in [-0.15, -0.1) is 0 Å². The second kappa shape index (κ2) is 9.03. The number of carbonyl (C=O) groups excluding carboxylic acids is 2. The number of hydrogen-bond acceptors (Lipinski definition) is 5. The Bertz CT molecular complexity index is 798. The van der Waals surface area contributed by atoms with Gasteiger partial charge in [0.15, 0.2) is 0 Å². The summed E-state index contributed by atoms with van der Waals surface area (Å²) in [4.78, 5) is 26.7. The topological polar surface area (TPSA) is 93.3 Å². The van der Waals surface area contributed by atoms with E-state index >= 15 is 0 Å². The molecule has 152 valence electrons. The first-order chi connectivity index (χ1) is 13.5. The Morgan fingerprint density at radius 2 is 2.04 bits per heavy atom. The van der Waals surface area contributed by atoms with E-state index in [9.17, 15) is 9.59 Å². The van der Waals surface area contributed by atoms with Crippen molar-refractivity contribution >= 4 is 17.5 Å². The molecule has 0 unspecified atom stereocenters. The molecular formula is C20H29N5O3. The van der Waals surface area contributed by atoms with Crippen molar-refractivity contribution in [1.29, 1.82) is 0 Å². The molecule has 1 saturated heterocycles. The summed E-state index contributed by atoms with van der Waals surface area (Å²) in [7, 11) is 0. The third-order valence-electron chi connectivity index (χ3n) is 5.45. The molecule has 0 radical (unpaired) electrons. The van der Waals surface area contributed by atoms with Gasteiger partial charge in [0.1, 0.15) is 5.76 Å². The van der Waals surface area contributed by atoms with Gasteiger partial charge in [-0.05, 0) is 46.0 Å². The lowest BCUT2D eigenvalue weighted by atomic mass is 9.93. The van der Waals surface area contributed by atoms with Crippen molar-refractivity contribution in [2.45, 2.75) is 59.4 Å². The highest BCUT2D eigenvalue weighted by Gasteiger charge is 2.25. The van der Waals surface area contributed by atoms with Gasteiger partial charge in [0.05, 0.1) is 17.6 Å². The van der Waals surface area contributed by atoms with E-state index in [1.807, 2.05) is 31.9 Å². The minimum atomic E-state index is 0.0128. The maximum absolute atomic E-state index is 12.5. The summed E-state index contributed by atoms with van der Waals surface area (Å²) in [6.45, 7) is 7.99. The van der Waals surface area contributed by atoms with E-state index in [4.69, 9.17) is 4.52 Å². The number of piperidine rings is 1. The van der Waals surface area contributed by atoms with Gasteiger partial charge in [-0.3, -0.25) is 14.3 Å². The SMILES string of the molecule is CCn1cc(NC(=O)CC2CCN(C(=O)CCc3c(C)noc3C)CC2)cn1. The maximum atomic E-state index is 12.5. The van der Waals surface area contributed by atoms with Crippen molar-refractivity contribution in [3.8, 4) is 0 Å². The Labute approximate surface area is 165 Å². The number of likely N-dealkylation sites (tertiary alicyclic amines) is 1. The van der Waals surface area contributed by atoms with Crippen LogP contribution >= 0.6 is 0 Å². The maximum Gasteiger partial charge on any atom is 0.224 e. The van der Waals surface area contributed by atoms with E-state index in [-0.39, 0.29) is 11.8 Å². The highest BCUT2D eigenvalue weighted by molar-refractivity contribution is 5.90. The smallest absolute Gasteiger partial charge is 0.224 e. The molecule has 2 aromatic rings. The van der Waals surface area contributed by atoms with Gasteiger partial charge >= 0.3 is 0 Å². The first-order valence-corrected chi connectivity index (χ1v) is 9.98. The van der Waals surface area contributed by atoms with Crippen LogP contribution in [0.15, 0.2) is 16.9 Å². The normalized spacial score (nSPS) is 15.0. The van der Waals surface area contributed by atoms with Crippen LogP contribution in [0.3, 0.4) is 0 Å². The Morgan fingerprint density at radius 1 is 1.29 bits per heavy atom. The van der Waals surface area contributed by atoms with Crippen LogP contribution in [0, 0.1) is 19.8 Å². The fourth-order valence-electron chi connectivity index (χ4n) is 3.71. The van der Waals surface area contributed by atoms with Gasteiger partial charge in [-0.1, -0.05) is 5.16 Å². The second-order valence-corrected chi connectivity index (χ2v) is 7.46. The number of nitrogens with one attached hydrogen (secondary N) is 1. The molecule has 2 amide bonds. The number of amides is 2. The molecule has 0 aromatic carbocycles. The van der Waals surface area contributed by atoms with Crippen molar-refractivity contribution in [3.05, 3.63) is 29.4 Å². The standard InChI is InChI=1S/C20H29N5O3/c1-4-25-13-17(12-21-25)22-19(26)11-16-7-9-24(10-8-16)20(27)6-5-18-14(2)23-28-15(18)3/h12-13,16H,4-11H2,1-3H3,(H,22,26). The summed E-state index contributed by atoms with van der Waals surface area (Å²) < 4.78 is 6.94. The Morgan fingerprint density at radius 3 is 2.64 bits per heavy atom. The molecule has 1 N–H and O–H groups in total. The summed E-state index contributed by atoms with van der Waals surface area (Å²) in [5, 5.41) is 11.0. The van der Waals surface area contributed by atoms with E-state index in [0.717, 1.165) is 42.1 Å². The minimum Gasteiger partial charge on any atom is -0.361 e. The van der Waals surface area contributed by atoms with E-state index < -0.39 is 0 Å². The zero-order valence-corrected chi connectivity index (χ0v) is 16.9. The molecule has 8 heteroatoms. The molecule has 2 aromatic heterocycles. The quantitative estimate of drug-likeness (QED) is 0.788. The molecule has 0 bridgehead atoms. The molecule has 0 aliphatic carbocycles. The molecular weight excluding hydrogens is 358 g/mol. The number of carbonyl (C=O) groups is 2. The van der Waals surface area contributed by atoms with Crippen LogP contribution in [0.25, 0.3) is 0 Å². The van der Waals surface area contributed by atoms with Crippen LogP contribution in [-0.4, -0.2) is 44.7 Å². The second-order valence-electron chi connectivity index (χ2n) is 7.46. The number of aryl methyl sites for hydroxylation is 3. The summed E-state index contributed by atoms with van der Waals surface area (Å²) in [6, 6.07) is 0. The van der Waals surface area contributed by atoms with Gasteiger partial charge in [-0.25, -0.2) is 0 Å². The van der Waals surface area contributed by atoms with Crippen molar-refractivity contribution in [2.75, 3.05) is 18.4 Å². The van der Waals surface area contributed by atoms with Crippen molar-refractivity contribution in [1.82, 2.24) is 19.8 Å². The molecule has 28 heavy (non-hydrogen) atoms. The Hall–Kier alpha value is -2.64. The number of anilines is 1. The molecule has 1 fully saturated rings. The van der Waals surface area contributed by atoms with Crippen molar-refractivity contribution < 1.29 is 14.1 Å². The third-order valence-corrected chi connectivity index (χ3v) is 5.45. The molecule has 3 heterocycles. The third kappa shape index (κ3) is 4.99. The number of nitrogens with zero attached hydrogens (tertiary/aromatic N) is 4. The van der Waals surface area contributed by atoms with E-state index in [1.54, 1.807) is 10.9 Å². The molecule has 8 nitrogen and oxygen atoms in total. The summed E-state index contributed by atoms with van der Waals surface area (Å²) in [6.07, 6.45) is 6.83. The lowest BCUT2D eigenvalue weighted by Gasteiger charge is -2.31. The van der Waals surface area contributed by atoms with Crippen molar-refractivity contribution in [2.24, 2.45) is 5.92 Å². The Balaban J connectivity index is 1.40. The lowest BCUT2D eigenvalue weighted by Crippen LogP contribution is -2.39. The predicted octanol–water partition coefficient (Wildman–Crippen LogP) is 2.71. The van der Waals surface area contributed by atoms with Gasteiger partial charge in [0.2, 0.25) is 11.8 Å². The van der Waals surface area contributed by atoms with Gasteiger partial charge < -0.3 is 14.7 Å². The largest absolute Gasteiger partial charge is 0.361 e. The highest BCUT2D eigenvalue weighted by atomic mass is 16.5. The fourth-order valence-corrected chi connectivity index (χ4v) is 3.71. The first kappa shape index (κ1) is 20.1. The van der Waals surface area contributed by atoms with E-state index in [1.165, 1.54) is 0 Å². The van der Waals surface area contributed by atoms with E-state index in [2.05, 4.69) is 15.6 Å². The highest BCUT2D eigenvalue weighted by Crippen LogP contribution is 2.22. The zero-order valence-electron chi connectivity index (χ0n) is 16.9. The van der Waals surface area contributed by atoms with Gasteiger partial charge in [0, 0.05) is 44.2 Å². The predicted molar refractivity (Wildman–Crippen MR) is 105 cm³/mol.